The highest BCUT2D eigenvalue weighted by atomic mass is 79.9. The Morgan fingerprint density at radius 1 is 1.41 bits per heavy atom. The summed E-state index contributed by atoms with van der Waals surface area (Å²) >= 11 is 3.41. The van der Waals surface area contributed by atoms with Gasteiger partial charge < -0.3 is 10.1 Å². The molecule has 0 aromatic heterocycles. The Hall–Kier alpha value is -0.870. The SMILES string of the molecule is CCCOCC(=O)NC(CBr)c1ccccc1. The second-order valence-electron chi connectivity index (χ2n) is 3.74. The van der Waals surface area contributed by atoms with Crippen molar-refractivity contribution in [2.24, 2.45) is 0 Å². The first-order valence-corrected chi connectivity index (χ1v) is 6.88. The van der Waals surface area contributed by atoms with Crippen molar-refractivity contribution < 1.29 is 9.53 Å². The van der Waals surface area contributed by atoms with Gasteiger partial charge in [-0.25, -0.2) is 0 Å². The molecule has 1 rings (SSSR count). The van der Waals surface area contributed by atoms with Crippen molar-refractivity contribution in [2.45, 2.75) is 19.4 Å². The lowest BCUT2D eigenvalue weighted by molar-refractivity contribution is -0.126. The maximum atomic E-state index is 11.6. The molecule has 0 bridgehead atoms. The summed E-state index contributed by atoms with van der Waals surface area (Å²) in [6, 6.07) is 9.88. The van der Waals surface area contributed by atoms with E-state index in [0.717, 1.165) is 12.0 Å². The molecular weight excluding hydrogens is 282 g/mol. The van der Waals surface area contributed by atoms with Crippen molar-refractivity contribution in [3.05, 3.63) is 35.9 Å². The summed E-state index contributed by atoms with van der Waals surface area (Å²) in [6.45, 7) is 2.77. The van der Waals surface area contributed by atoms with Gasteiger partial charge in [0.25, 0.3) is 0 Å². The van der Waals surface area contributed by atoms with Crippen LogP contribution in [0.3, 0.4) is 0 Å². The highest BCUT2D eigenvalue weighted by molar-refractivity contribution is 9.09. The van der Waals surface area contributed by atoms with Gasteiger partial charge in [-0.3, -0.25) is 4.79 Å². The number of alkyl halides is 1. The number of carbonyl (C=O) groups is 1. The van der Waals surface area contributed by atoms with Crippen LogP contribution in [0.5, 0.6) is 0 Å². The van der Waals surface area contributed by atoms with Crippen molar-refractivity contribution in [3.63, 3.8) is 0 Å². The molecule has 0 aliphatic carbocycles. The highest BCUT2D eigenvalue weighted by Gasteiger charge is 2.12. The van der Waals surface area contributed by atoms with Crippen LogP contribution in [0.2, 0.25) is 0 Å². The molecule has 4 heteroatoms. The molecule has 94 valence electrons. The average molecular weight is 300 g/mol. The standard InChI is InChI=1S/C13H18BrNO2/c1-2-8-17-10-13(16)15-12(9-14)11-6-4-3-5-7-11/h3-7,12H,2,8-10H2,1H3,(H,15,16). The third-order valence-corrected chi connectivity index (χ3v) is 2.92. The fraction of sp³-hybridized carbons (Fsp3) is 0.462. The van der Waals surface area contributed by atoms with Gasteiger partial charge in [-0.15, -0.1) is 0 Å². The minimum Gasteiger partial charge on any atom is -0.372 e. The highest BCUT2D eigenvalue weighted by Crippen LogP contribution is 2.14. The Morgan fingerprint density at radius 3 is 2.71 bits per heavy atom. The van der Waals surface area contributed by atoms with Crippen molar-refractivity contribution in [2.75, 3.05) is 18.5 Å². The van der Waals surface area contributed by atoms with Crippen LogP contribution >= 0.6 is 15.9 Å². The third kappa shape index (κ3) is 5.33. The normalized spacial score (nSPS) is 12.1. The molecule has 0 aliphatic heterocycles. The molecule has 3 nitrogen and oxygen atoms in total. The summed E-state index contributed by atoms with van der Waals surface area (Å²) in [6.07, 6.45) is 0.924. The summed E-state index contributed by atoms with van der Waals surface area (Å²) in [4.78, 5) is 11.6. The molecule has 0 saturated carbocycles. The molecule has 0 aliphatic rings. The zero-order valence-corrected chi connectivity index (χ0v) is 11.6. The van der Waals surface area contributed by atoms with Gasteiger partial charge in [0.1, 0.15) is 6.61 Å². The number of hydrogen-bond donors (Lipinski definition) is 1. The molecule has 0 heterocycles. The molecule has 17 heavy (non-hydrogen) atoms. The molecule has 0 spiro atoms. The lowest BCUT2D eigenvalue weighted by atomic mass is 10.1. The fourth-order valence-corrected chi connectivity index (χ4v) is 1.98. The van der Waals surface area contributed by atoms with E-state index in [1.165, 1.54) is 0 Å². The molecule has 1 aromatic rings. The van der Waals surface area contributed by atoms with Crippen LogP contribution in [0.1, 0.15) is 24.9 Å². The first-order chi connectivity index (χ1) is 8.27. The first-order valence-electron chi connectivity index (χ1n) is 5.76. The third-order valence-electron chi connectivity index (χ3n) is 2.27. The van der Waals surface area contributed by atoms with Gasteiger partial charge >= 0.3 is 0 Å². The zero-order chi connectivity index (χ0) is 12.5. The van der Waals surface area contributed by atoms with Crippen LogP contribution in [0, 0.1) is 0 Å². The van der Waals surface area contributed by atoms with E-state index in [2.05, 4.69) is 21.2 Å². The van der Waals surface area contributed by atoms with Crippen molar-refractivity contribution >= 4 is 21.8 Å². The molecule has 0 saturated heterocycles. The van der Waals surface area contributed by atoms with Crippen LogP contribution in [0.15, 0.2) is 30.3 Å². The zero-order valence-electron chi connectivity index (χ0n) is 9.99. The number of amides is 1. The maximum Gasteiger partial charge on any atom is 0.246 e. The topological polar surface area (TPSA) is 38.3 Å². The second kappa shape index (κ2) is 8.25. The van der Waals surface area contributed by atoms with Gasteiger partial charge in [0, 0.05) is 11.9 Å². The molecular formula is C13H18BrNO2. The molecule has 1 aromatic carbocycles. The van der Waals surface area contributed by atoms with E-state index < -0.39 is 0 Å². The summed E-state index contributed by atoms with van der Waals surface area (Å²) in [5.74, 6) is -0.0771. The average Bonchev–Trinajstić information content (AvgIpc) is 2.37. The minimum atomic E-state index is -0.0771. The number of nitrogens with one attached hydrogen (secondary N) is 1. The van der Waals surface area contributed by atoms with E-state index in [1.807, 2.05) is 37.3 Å². The number of halogens is 1. The summed E-state index contributed by atoms with van der Waals surface area (Å²) in [5, 5.41) is 3.62. The Morgan fingerprint density at radius 2 is 2.12 bits per heavy atom. The van der Waals surface area contributed by atoms with Gasteiger partial charge in [-0.1, -0.05) is 53.2 Å². The van der Waals surface area contributed by atoms with Crippen LogP contribution < -0.4 is 5.32 Å². The van der Waals surface area contributed by atoms with Crippen LogP contribution in [0.25, 0.3) is 0 Å². The number of carbonyl (C=O) groups excluding carboxylic acids is 1. The minimum absolute atomic E-state index is 0.00562. The second-order valence-corrected chi connectivity index (χ2v) is 4.39. The lowest BCUT2D eigenvalue weighted by Gasteiger charge is -2.16. The molecule has 1 unspecified atom stereocenters. The Balaban J connectivity index is 2.44. The van der Waals surface area contributed by atoms with Gasteiger partial charge in [-0.05, 0) is 12.0 Å². The molecule has 1 N–H and O–H groups in total. The molecule has 1 atom stereocenters. The van der Waals surface area contributed by atoms with E-state index >= 15 is 0 Å². The summed E-state index contributed by atoms with van der Waals surface area (Å²) in [7, 11) is 0. The predicted octanol–water partition coefficient (Wildman–Crippen LogP) is 2.67. The van der Waals surface area contributed by atoms with Crippen LogP contribution in [-0.4, -0.2) is 24.5 Å². The Bertz CT molecular complexity index is 329. The lowest BCUT2D eigenvalue weighted by Crippen LogP contribution is -2.32. The first kappa shape index (κ1) is 14.2. The van der Waals surface area contributed by atoms with Gasteiger partial charge in [0.2, 0.25) is 5.91 Å². The van der Waals surface area contributed by atoms with E-state index in [9.17, 15) is 4.79 Å². The molecule has 0 radical (unpaired) electrons. The summed E-state index contributed by atoms with van der Waals surface area (Å²) in [5.41, 5.74) is 1.09. The van der Waals surface area contributed by atoms with Crippen molar-refractivity contribution in [1.82, 2.24) is 5.32 Å². The number of ether oxygens (including phenoxy) is 1. The van der Waals surface area contributed by atoms with Crippen molar-refractivity contribution in [3.8, 4) is 0 Å². The van der Waals surface area contributed by atoms with Gasteiger partial charge in [0.15, 0.2) is 0 Å². The molecule has 1 amide bonds. The van der Waals surface area contributed by atoms with Gasteiger partial charge in [0.05, 0.1) is 6.04 Å². The predicted molar refractivity (Wildman–Crippen MR) is 72.2 cm³/mol. The Kier molecular flexibility index (Phi) is 6.89. The Labute approximate surface area is 111 Å². The van der Waals surface area contributed by atoms with Crippen LogP contribution in [-0.2, 0) is 9.53 Å². The van der Waals surface area contributed by atoms with Crippen LogP contribution in [0.4, 0.5) is 0 Å². The quantitative estimate of drug-likeness (QED) is 0.621. The summed E-state index contributed by atoms with van der Waals surface area (Å²) < 4.78 is 5.20. The fourth-order valence-electron chi connectivity index (χ4n) is 1.44. The van der Waals surface area contributed by atoms with E-state index in [1.54, 1.807) is 0 Å². The monoisotopic (exact) mass is 299 g/mol. The number of benzene rings is 1. The molecule has 0 fully saturated rings. The van der Waals surface area contributed by atoms with E-state index in [-0.39, 0.29) is 18.6 Å². The van der Waals surface area contributed by atoms with E-state index in [4.69, 9.17) is 4.74 Å². The largest absolute Gasteiger partial charge is 0.372 e. The smallest absolute Gasteiger partial charge is 0.246 e. The van der Waals surface area contributed by atoms with Crippen molar-refractivity contribution in [1.29, 1.82) is 0 Å². The maximum absolute atomic E-state index is 11.6. The van der Waals surface area contributed by atoms with Gasteiger partial charge in [-0.2, -0.15) is 0 Å². The van der Waals surface area contributed by atoms with E-state index in [0.29, 0.717) is 11.9 Å². The number of rotatable bonds is 7. The number of hydrogen-bond acceptors (Lipinski definition) is 2.